The average molecular weight is 707 g/mol. The Balaban J connectivity index is 1.07. The molecule has 0 saturated heterocycles. The Morgan fingerprint density at radius 2 is 0.964 bits per heavy atom. The van der Waals surface area contributed by atoms with Gasteiger partial charge in [-0.2, -0.15) is 0 Å². The van der Waals surface area contributed by atoms with E-state index in [1.165, 1.54) is 0 Å². The first-order chi connectivity index (χ1) is 27.2. The molecular formula is C49H30N4O2. The molecule has 0 unspecified atom stereocenters. The number of rotatable bonds is 6. The maximum atomic E-state index is 6.68. The Bertz CT molecular complexity index is 3010. The molecule has 6 heteroatoms. The number of aromatic nitrogens is 3. The first-order valence-electron chi connectivity index (χ1n) is 18.3. The van der Waals surface area contributed by atoms with Gasteiger partial charge in [0.25, 0.3) is 0 Å². The van der Waals surface area contributed by atoms with Crippen molar-refractivity contribution in [3.05, 3.63) is 182 Å². The summed E-state index contributed by atoms with van der Waals surface area (Å²) in [5.74, 6) is 3.45. The summed E-state index contributed by atoms with van der Waals surface area (Å²) in [5.41, 5.74) is 9.60. The predicted octanol–water partition coefficient (Wildman–Crippen LogP) is 13.2. The van der Waals surface area contributed by atoms with Crippen molar-refractivity contribution in [3.63, 3.8) is 0 Å². The lowest BCUT2D eigenvalue weighted by Gasteiger charge is -2.28. The molecule has 10 aromatic rings. The predicted molar refractivity (Wildman–Crippen MR) is 221 cm³/mol. The zero-order valence-electron chi connectivity index (χ0n) is 29.4. The fourth-order valence-electron chi connectivity index (χ4n) is 7.76. The van der Waals surface area contributed by atoms with Gasteiger partial charge < -0.3 is 14.1 Å². The lowest BCUT2D eigenvalue weighted by atomic mass is 9.92. The highest BCUT2D eigenvalue weighted by atomic mass is 16.5. The van der Waals surface area contributed by atoms with Crippen LogP contribution in [0.1, 0.15) is 0 Å². The molecule has 11 rings (SSSR count). The van der Waals surface area contributed by atoms with E-state index in [0.29, 0.717) is 17.5 Å². The van der Waals surface area contributed by atoms with Crippen molar-refractivity contribution in [1.82, 2.24) is 15.0 Å². The number of hydrogen-bond acceptors (Lipinski definition) is 6. The molecule has 0 bridgehead atoms. The normalized spacial score (nSPS) is 11.8. The maximum absolute atomic E-state index is 6.68. The van der Waals surface area contributed by atoms with Gasteiger partial charge in [-0.1, -0.05) is 115 Å². The monoisotopic (exact) mass is 706 g/mol. The first kappa shape index (κ1) is 31.0. The molecule has 0 radical (unpaired) electrons. The summed E-state index contributed by atoms with van der Waals surface area (Å²) in [6, 6.07) is 62.1. The summed E-state index contributed by atoms with van der Waals surface area (Å²) in [4.78, 5) is 17.3. The summed E-state index contributed by atoms with van der Waals surface area (Å²) in [5, 5.41) is 4.22. The second-order valence-corrected chi connectivity index (χ2v) is 13.6. The van der Waals surface area contributed by atoms with Gasteiger partial charge in [0.2, 0.25) is 0 Å². The van der Waals surface area contributed by atoms with E-state index in [2.05, 4.69) is 95.9 Å². The van der Waals surface area contributed by atoms with Gasteiger partial charge in [0, 0.05) is 61.5 Å². The standard InChI is InChI=1S/C49H30N4O2/c1-4-13-31(14-5-1)47-50-48(32-15-6-2-7-16-32)52-49(51-47)40-26-28-44-46-38(40)20-12-21-39(46)41-29-34(24-27-43(41)54-44)53(33-17-8-3-9-18-33)35-23-25-37-36-19-10-11-22-42(36)55-45(37)30-35/h1-30H. The Kier molecular flexibility index (Phi) is 7.07. The van der Waals surface area contributed by atoms with Gasteiger partial charge in [-0.25, -0.2) is 15.0 Å². The van der Waals surface area contributed by atoms with Crippen LogP contribution in [0.25, 0.3) is 78.0 Å². The number of furan rings is 1. The van der Waals surface area contributed by atoms with Crippen LogP contribution in [0, 0.1) is 0 Å². The second kappa shape index (κ2) is 12.5. The molecule has 1 aliphatic heterocycles. The summed E-state index contributed by atoms with van der Waals surface area (Å²) in [7, 11) is 0. The van der Waals surface area contributed by atoms with Crippen molar-refractivity contribution >= 4 is 49.8 Å². The van der Waals surface area contributed by atoms with E-state index in [0.717, 1.165) is 89.1 Å². The zero-order valence-corrected chi connectivity index (χ0v) is 29.4. The third kappa shape index (κ3) is 5.23. The minimum Gasteiger partial charge on any atom is -0.456 e. The van der Waals surface area contributed by atoms with Crippen molar-refractivity contribution in [2.45, 2.75) is 0 Å². The minimum absolute atomic E-state index is 0.604. The smallest absolute Gasteiger partial charge is 0.164 e. The van der Waals surface area contributed by atoms with Crippen LogP contribution in [0.5, 0.6) is 11.5 Å². The molecule has 0 saturated carbocycles. The number of nitrogens with zero attached hydrogens (tertiary/aromatic N) is 4. The number of hydrogen-bond donors (Lipinski definition) is 0. The molecule has 6 nitrogen and oxygen atoms in total. The van der Waals surface area contributed by atoms with Crippen LogP contribution < -0.4 is 9.64 Å². The highest BCUT2D eigenvalue weighted by Crippen LogP contribution is 2.50. The fourth-order valence-corrected chi connectivity index (χ4v) is 7.76. The molecule has 0 N–H and O–H groups in total. The lowest BCUT2D eigenvalue weighted by molar-refractivity contribution is 0.487. The maximum Gasteiger partial charge on any atom is 0.164 e. The molecule has 0 fully saturated rings. The van der Waals surface area contributed by atoms with E-state index in [1.54, 1.807) is 0 Å². The quantitative estimate of drug-likeness (QED) is 0.171. The molecule has 2 aromatic heterocycles. The Labute approximate surface area is 316 Å². The highest BCUT2D eigenvalue weighted by molar-refractivity contribution is 6.10. The van der Waals surface area contributed by atoms with E-state index < -0.39 is 0 Å². The van der Waals surface area contributed by atoms with E-state index >= 15 is 0 Å². The largest absolute Gasteiger partial charge is 0.456 e. The van der Waals surface area contributed by atoms with Crippen LogP contribution >= 0.6 is 0 Å². The van der Waals surface area contributed by atoms with Crippen molar-refractivity contribution in [2.75, 3.05) is 4.90 Å². The van der Waals surface area contributed by atoms with Crippen LogP contribution in [0.3, 0.4) is 0 Å². The molecule has 8 aromatic carbocycles. The Morgan fingerprint density at radius 3 is 1.73 bits per heavy atom. The SMILES string of the molecule is c1ccc(-c2nc(-c3ccccc3)nc(-c3ccc4c5c(cccc35)-c3cc(N(c5ccccc5)c5ccc6c(c5)oc5ccccc56)ccc3O4)n2)cc1. The van der Waals surface area contributed by atoms with E-state index in [9.17, 15) is 0 Å². The Morgan fingerprint density at radius 1 is 0.364 bits per heavy atom. The average Bonchev–Trinajstić information content (AvgIpc) is 3.63. The van der Waals surface area contributed by atoms with Crippen LogP contribution in [0.2, 0.25) is 0 Å². The molecule has 0 spiro atoms. The van der Waals surface area contributed by atoms with Gasteiger partial charge in [0.15, 0.2) is 17.5 Å². The molecule has 0 atom stereocenters. The third-order valence-electron chi connectivity index (χ3n) is 10.3. The van der Waals surface area contributed by atoms with Gasteiger partial charge in [-0.3, -0.25) is 0 Å². The van der Waals surface area contributed by atoms with Gasteiger partial charge in [-0.15, -0.1) is 0 Å². The molecular weight excluding hydrogens is 677 g/mol. The van der Waals surface area contributed by atoms with Gasteiger partial charge in [-0.05, 0) is 71.6 Å². The van der Waals surface area contributed by atoms with Gasteiger partial charge in [0.05, 0.1) is 0 Å². The van der Waals surface area contributed by atoms with E-state index in [1.807, 2.05) is 91.0 Å². The lowest BCUT2D eigenvalue weighted by Crippen LogP contribution is -2.10. The minimum atomic E-state index is 0.604. The molecule has 258 valence electrons. The van der Waals surface area contributed by atoms with Crippen LogP contribution in [0.15, 0.2) is 186 Å². The third-order valence-corrected chi connectivity index (χ3v) is 10.3. The van der Waals surface area contributed by atoms with E-state index in [4.69, 9.17) is 24.1 Å². The van der Waals surface area contributed by atoms with Crippen molar-refractivity contribution in [2.24, 2.45) is 0 Å². The number of benzene rings is 8. The number of ether oxygens (including phenoxy) is 1. The van der Waals surface area contributed by atoms with Gasteiger partial charge in [0.1, 0.15) is 22.7 Å². The zero-order chi connectivity index (χ0) is 36.3. The van der Waals surface area contributed by atoms with E-state index in [-0.39, 0.29) is 0 Å². The molecule has 1 aliphatic rings. The summed E-state index contributed by atoms with van der Waals surface area (Å²) in [6.07, 6.45) is 0. The summed E-state index contributed by atoms with van der Waals surface area (Å²) < 4.78 is 13.0. The van der Waals surface area contributed by atoms with Crippen LogP contribution in [-0.2, 0) is 0 Å². The molecule has 55 heavy (non-hydrogen) atoms. The fraction of sp³-hybridized carbons (Fsp3) is 0. The Hall–Kier alpha value is -7.57. The molecule has 3 heterocycles. The number of anilines is 3. The van der Waals surface area contributed by atoms with Crippen LogP contribution in [0.4, 0.5) is 17.1 Å². The number of para-hydroxylation sites is 2. The summed E-state index contributed by atoms with van der Waals surface area (Å²) >= 11 is 0. The second-order valence-electron chi connectivity index (χ2n) is 13.6. The van der Waals surface area contributed by atoms with Crippen molar-refractivity contribution in [3.8, 4) is 56.8 Å². The van der Waals surface area contributed by atoms with Crippen molar-refractivity contribution < 1.29 is 9.15 Å². The summed E-state index contributed by atoms with van der Waals surface area (Å²) in [6.45, 7) is 0. The van der Waals surface area contributed by atoms with Crippen molar-refractivity contribution in [1.29, 1.82) is 0 Å². The number of fused-ring (bicyclic) bond motifs is 5. The topological polar surface area (TPSA) is 64.3 Å². The van der Waals surface area contributed by atoms with Crippen LogP contribution in [-0.4, -0.2) is 15.0 Å². The molecule has 0 aliphatic carbocycles. The van der Waals surface area contributed by atoms with Gasteiger partial charge >= 0.3 is 0 Å². The highest BCUT2D eigenvalue weighted by Gasteiger charge is 2.25. The molecule has 0 amide bonds. The first-order valence-corrected chi connectivity index (χ1v) is 18.3.